The van der Waals surface area contributed by atoms with Crippen molar-refractivity contribution in [3.8, 4) is 0 Å². The van der Waals surface area contributed by atoms with Gasteiger partial charge in [-0.2, -0.15) is 0 Å². The zero-order chi connectivity index (χ0) is 2.00. The maximum absolute atomic E-state index is 8.00. The molecule has 0 spiro atoms. The van der Waals surface area contributed by atoms with E-state index >= 15 is 0 Å². The number of hydrogen-bond acceptors (Lipinski definition) is 1. The monoisotopic (exact) mass is 109 g/mol. The van der Waals surface area contributed by atoms with E-state index in [0.717, 1.165) is 0 Å². The fourth-order valence-electron chi connectivity index (χ4n) is 0. The number of rotatable bonds is 0. The van der Waals surface area contributed by atoms with E-state index in [-0.39, 0.29) is 46.6 Å². The average molecular weight is 109 g/mol. The molecule has 0 aliphatic carbocycles. The van der Waals surface area contributed by atoms with Crippen molar-refractivity contribution in [2.24, 2.45) is 0 Å². The molecule has 0 aromatic carbocycles. The molecule has 0 atom stereocenters. The second kappa shape index (κ2) is 30.1. The van der Waals surface area contributed by atoms with E-state index in [9.17, 15) is 0 Å². The first kappa shape index (κ1) is 19.0. The minimum absolute atomic E-state index is 0. The van der Waals surface area contributed by atoms with Gasteiger partial charge in [-0.05, 0) is 0 Å². The van der Waals surface area contributed by atoms with Gasteiger partial charge in [0.25, 0.3) is 0 Å². The Hall–Kier alpha value is 1.19. The van der Waals surface area contributed by atoms with Gasteiger partial charge in [-0.3, -0.25) is 0 Å². The molecule has 0 unspecified atom stereocenters. The first-order chi connectivity index (χ1) is 1.00. The fraction of sp³-hybridized carbons (Fsp3) is 0. The van der Waals surface area contributed by atoms with Crippen LogP contribution >= 0.6 is 0 Å². The van der Waals surface area contributed by atoms with Crippen molar-refractivity contribution < 1.29 is 21.9 Å². The third kappa shape index (κ3) is 10.8. The number of carbonyl (C=O) groups is 1. The summed E-state index contributed by atoms with van der Waals surface area (Å²) in [6.45, 7) is 2.00. The van der Waals surface area contributed by atoms with Gasteiger partial charge < -0.3 is 4.79 Å². The van der Waals surface area contributed by atoms with E-state index in [1.165, 1.54) is 0 Å². The molecule has 0 aliphatic rings. The Morgan fingerprint density at radius 1 is 1.25 bits per heavy atom. The van der Waals surface area contributed by atoms with Crippen LogP contribution in [-0.2, 0) is 21.9 Å². The zero-order valence-electron chi connectivity index (χ0n) is 2.47. The van der Waals surface area contributed by atoms with E-state index < -0.39 is 0 Å². The van der Waals surface area contributed by atoms with Gasteiger partial charge in [0.15, 0.2) is 0 Å². The Morgan fingerprint density at radius 3 is 1.25 bits per heavy atom. The Labute approximate surface area is 57.9 Å². The summed E-state index contributed by atoms with van der Waals surface area (Å²) >= 11 is 0. The van der Waals surface area contributed by atoms with Crippen LogP contribution in [0.2, 0.25) is 0 Å². The third-order valence-electron chi connectivity index (χ3n) is 0. The normalized spacial score (nSPS) is 1.00. The second-order valence-corrected chi connectivity index (χ2v) is 0. The maximum Gasteiger partial charge on any atom is 0.106 e. The average Bonchev–Trinajstić information content (AvgIpc) is 1.00. The predicted molar refractivity (Wildman–Crippen MR) is 12.9 cm³/mol. The summed E-state index contributed by atoms with van der Waals surface area (Å²) in [5, 5.41) is 0. The van der Waals surface area contributed by atoms with Gasteiger partial charge >= 0.3 is 0 Å². The number of hydrogen-bond donors (Lipinski definition) is 0. The van der Waals surface area contributed by atoms with Gasteiger partial charge in [0.1, 0.15) is 6.79 Å². The summed E-state index contributed by atoms with van der Waals surface area (Å²) < 4.78 is 0. The number of carbonyl (C=O) groups excluding carboxylic acids is 1. The molecule has 0 amide bonds. The Morgan fingerprint density at radius 2 is 1.25 bits per heavy atom. The fourth-order valence-corrected chi connectivity index (χ4v) is 0. The van der Waals surface area contributed by atoms with E-state index in [1.54, 1.807) is 0 Å². The second-order valence-electron chi connectivity index (χ2n) is 0. The zero-order valence-corrected chi connectivity index (χ0v) is 5.57. The smallest absolute Gasteiger partial charge is 0.106 e. The van der Waals surface area contributed by atoms with Crippen LogP contribution in [0.5, 0.6) is 0 Å². The van der Waals surface area contributed by atoms with E-state index in [2.05, 4.69) is 0 Å². The first-order valence-corrected chi connectivity index (χ1v) is 0.289. The molecule has 21 valence electrons. The Kier molecular flexibility index (Phi) is 143. The van der Waals surface area contributed by atoms with Gasteiger partial charge in [-0.15, -0.1) is 0 Å². The maximum atomic E-state index is 8.00. The minimum atomic E-state index is 0. The van der Waals surface area contributed by atoms with Gasteiger partial charge in [-0.25, -0.2) is 0 Å². The molecular weight excluding hydrogens is 107 g/mol. The van der Waals surface area contributed by atoms with Crippen LogP contribution in [0, 0.1) is 0 Å². The van der Waals surface area contributed by atoms with Crippen molar-refractivity contribution in [1.82, 2.24) is 0 Å². The van der Waals surface area contributed by atoms with Gasteiger partial charge in [0.2, 0.25) is 0 Å². The van der Waals surface area contributed by atoms with Crippen molar-refractivity contribution in [1.29, 1.82) is 0 Å². The Balaban J connectivity index is -0.00000000500. The van der Waals surface area contributed by atoms with E-state index in [4.69, 9.17) is 4.79 Å². The summed E-state index contributed by atoms with van der Waals surface area (Å²) in [7, 11) is 0. The molecule has 0 N–H and O–H groups in total. The Bertz CT molecular complexity index is 8.00. The van der Waals surface area contributed by atoms with Crippen LogP contribution < -0.4 is 0 Å². The van der Waals surface area contributed by atoms with Gasteiger partial charge in [0.05, 0.1) is 0 Å². The van der Waals surface area contributed by atoms with E-state index in [0.29, 0.717) is 0 Å². The molecule has 1 radical (unpaired) electrons. The summed E-state index contributed by atoms with van der Waals surface area (Å²) in [6.07, 6.45) is 0. The first-order valence-electron chi connectivity index (χ1n) is 0.289. The molecule has 1 nitrogen and oxygen atoms in total. The van der Waals surface area contributed by atoms with Crippen molar-refractivity contribution in [3.63, 3.8) is 0 Å². The summed E-state index contributed by atoms with van der Waals surface area (Å²) in [5.74, 6) is 0. The topological polar surface area (TPSA) is 17.1 Å². The van der Waals surface area contributed by atoms with Crippen molar-refractivity contribution in [2.75, 3.05) is 0 Å². The van der Waals surface area contributed by atoms with Crippen molar-refractivity contribution in [3.05, 3.63) is 0 Å². The summed E-state index contributed by atoms with van der Waals surface area (Å²) in [4.78, 5) is 8.00. The van der Waals surface area contributed by atoms with Crippen LogP contribution in [0.4, 0.5) is 0 Å². The molecule has 0 heterocycles. The molecule has 0 aliphatic heterocycles. The largest absolute Gasteiger partial charge is 0.307 e. The van der Waals surface area contributed by atoms with Crippen molar-refractivity contribution >= 4 is 36.3 Å². The molecule has 4 heavy (non-hydrogen) atoms. The molecule has 0 saturated heterocycles. The van der Waals surface area contributed by atoms with Crippen LogP contribution in [0.3, 0.4) is 0 Å². The molecule has 0 aromatic heterocycles. The molecule has 0 saturated carbocycles. The standard InChI is InChI=1S/CH2O.Fe.Na/c1-2;;/h1H2;;. The van der Waals surface area contributed by atoms with Crippen LogP contribution in [0.1, 0.15) is 0 Å². The van der Waals surface area contributed by atoms with Crippen molar-refractivity contribution in [2.45, 2.75) is 0 Å². The van der Waals surface area contributed by atoms with Gasteiger partial charge in [-0.1, -0.05) is 0 Å². The van der Waals surface area contributed by atoms with Gasteiger partial charge in [0, 0.05) is 46.6 Å². The third-order valence-corrected chi connectivity index (χ3v) is 0. The molecule has 0 rings (SSSR count). The van der Waals surface area contributed by atoms with Crippen LogP contribution in [0.15, 0.2) is 0 Å². The van der Waals surface area contributed by atoms with Crippen LogP contribution in [-0.4, -0.2) is 36.3 Å². The summed E-state index contributed by atoms with van der Waals surface area (Å²) in [6, 6.07) is 0. The predicted octanol–water partition coefficient (Wildman–Crippen LogP) is -0.568. The molecular formula is CH2FeNaO. The summed E-state index contributed by atoms with van der Waals surface area (Å²) in [5.41, 5.74) is 0. The van der Waals surface area contributed by atoms with Crippen LogP contribution in [0.25, 0.3) is 0 Å². The molecule has 0 bridgehead atoms. The molecule has 0 aromatic rings. The quantitative estimate of drug-likeness (QED) is 0.380. The molecule has 3 heteroatoms. The molecule has 0 fully saturated rings. The van der Waals surface area contributed by atoms with E-state index in [1.807, 2.05) is 6.79 Å². The SMILES string of the molecule is C=O.[Fe].[Na]. The minimum Gasteiger partial charge on any atom is -0.307 e.